The molecule has 0 atom stereocenters. The summed E-state index contributed by atoms with van der Waals surface area (Å²) < 4.78 is 35.5. The Bertz CT molecular complexity index is 1170. The van der Waals surface area contributed by atoms with E-state index in [4.69, 9.17) is 4.74 Å². The van der Waals surface area contributed by atoms with Gasteiger partial charge in [0.2, 0.25) is 15.9 Å². The molecule has 0 saturated carbocycles. The van der Waals surface area contributed by atoms with Gasteiger partial charge in [0.25, 0.3) is 0 Å². The minimum Gasteiger partial charge on any atom is -0.494 e. The molecule has 0 aliphatic carbocycles. The van der Waals surface area contributed by atoms with Crippen LogP contribution in [0.15, 0.2) is 35.4 Å². The van der Waals surface area contributed by atoms with Crippen molar-refractivity contribution in [3.8, 4) is 11.6 Å². The first-order valence-electron chi connectivity index (χ1n) is 9.23. The van der Waals surface area contributed by atoms with Gasteiger partial charge in [-0.15, -0.1) is 0 Å². The van der Waals surface area contributed by atoms with Crippen LogP contribution in [0.4, 0.5) is 0 Å². The maximum absolute atomic E-state index is 13.4. The molecule has 0 spiro atoms. The monoisotopic (exact) mass is 401 g/mol. The zero-order chi connectivity index (χ0) is 20.1. The maximum atomic E-state index is 13.4. The summed E-state index contributed by atoms with van der Waals surface area (Å²) in [5.41, 5.74) is 2.79. The molecule has 0 saturated heterocycles. The molecular weight excluding hydrogens is 378 g/mol. The molecule has 1 aliphatic rings. The van der Waals surface area contributed by atoms with Crippen molar-refractivity contribution in [2.45, 2.75) is 38.8 Å². The second-order valence-electron chi connectivity index (χ2n) is 6.98. The largest absolute Gasteiger partial charge is 0.494 e. The predicted molar refractivity (Wildman–Crippen MR) is 106 cm³/mol. The maximum Gasteiger partial charge on any atom is 0.243 e. The molecule has 0 unspecified atom stereocenters. The van der Waals surface area contributed by atoms with Crippen LogP contribution < -0.4 is 4.74 Å². The SMILES string of the molecule is CCOc1cc(C)c(S(=O)(=O)N2CCn3c(O)c4cccnc4c3C2)cc1C. The molecule has 1 N–H and O–H groups in total. The molecule has 1 aliphatic heterocycles. The van der Waals surface area contributed by atoms with Crippen LogP contribution in [-0.4, -0.2) is 40.5 Å². The minimum atomic E-state index is -3.69. The van der Waals surface area contributed by atoms with Crippen molar-refractivity contribution in [1.29, 1.82) is 0 Å². The average molecular weight is 401 g/mol. The highest BCUT2D eigenvalue weighted by atomic mass is 32.2. The standard InChI is InChI=1S/C20H23N3O4S/c1-4-27-17-10-14(3)18(11-13(17)2)28(25,26)22-8-9-23-16(12-22)19-15(20(23)24)6-5-7-21-19/h5-7,10-11,24H,4,8-9,12H2,1-3H3. The third kappa shape index (κ3) is 2.84. The number of hydrogen-bond donors (Lipinski definition) is 1. The van der Waals surface area contributed by atoms with Gasteiger partial charge in [0.05, 0.1) is 34.6 Å². The Balaban J connectivity index is 1.75. The van der Waals surface area contributed by atoms with Crippen molar-refractivity contribution in [2.24, 2.45) is 0 Å². The van der Waals surface area contributed by atoms with Crippen LogP contribution in [0.5, 0.6) is 11.6 Å². The first kappa shape index (κ1) is 18.8. The highest BCUT2D eigenvalue weighted by Gasteiger charge is 2.33. The van der Waals surface area contributed by atoms with Crippen LogP contribution in [-0.2, 0) is 23.1 Å². The van der Waals surface area contributed by atoms with Crippen LogP contribution in [0.25, 0.3) is 10.9 Å². The van der Waals surface area contributed by atoms with E-state index in [1.165, 1.54) is 4.31 Å². The molecule has 3 heterocycles. The lowest BCUT2D eigenvalue weighted by Crippen LogP contribution is -2.38. The van der Waals surface area contributed by atoms with Crippen LogP contribution in [0, 0.1) is 13.8 Å². The number of ether oxygens (including phenoxy) is 1. The van der Waals surface area contributed by atoms with Crippen molar-refractivity contribution in [3.63, 3.8) is 0 Å². The number of hydrogen-bond acceptors (Lipinski definition) is 5. The van der Waals surface area contributed by atoms with E-state index in [0.29, 0.717) is 41.1 Å². The number of aromatic hydroxyl groups is 1. The molecule has 0 bridgehead atoms. The topological polar surface area (TPSA) is 84.7 Å². The third-order valence-corrected chi connectivity index (χ3v) is 7.18. The van der Waals surface area contributed by atoms with E-state index in [1.807, 2.05) is 13.8 Å². The molecule has 148 valence electrons. The summed E-state index contributed by atoms with van der Waals surface area (Å²) in [5.74, 6) is 0.842. The van der Waals surface area contributed by atoms with Gasteiger partial charge in [-0.2, -0.15) is 4.31 Å². The summed E-state index contributed by atoms with van der Waals surface area (Å²) >= 11 is 0. The van der Waals surface area contributed by atoms with Gasteiger partial charge in [-0.3, -0.25) is 4.98 Å². The van der Waals surface area contributed by atoms with Gasteiger partial charge in [0.15, 0.2) is 0 Å². The molecule has 1 aromatic carbocycles. The van der Waals surface area contributed by atoms with Gasteiger partial charge < -0.3 is 14.4 Å². The lowest BCUT2D eigenvalue weighted by atomic mass is 10.1. The molecule has 28 heavy (non-hydrogen) atoms. The predicted octanol–water partition coefficient (Wildman–Crippen LogP) is 2.96. The fourth-order valence-electron chi connectivity index (χ4n) is 3.77. The minimum absolute atomic E-state index is 0.142. The molecule has 8 heteroatoms. The quantitative estimate of drug-likeness (QED) is 0.727. The zero-order valence-electron chi connectivity index (χ0n) is 16.1. The Kier molecular flexibility index (Phi) is 4.55. The molecular formula is C20H23N3O4S. The number of aryl methyl sites for hydroxylation is 2. The van der Waals surface area contributed by atoms with Gasteiger partial charge in [-0.1, -0.05) is 0 Å². The van der Waals surface area contributed by atoms with Gasteiger partial charge in [-0.25, -0.2) is 8.42 Å². The number of fused-ring (bicyclic) bond motifs is 3. The highest BCUT2D eigenvalue weighted by Crippen LogP contribution is 2.35. The van der Waals surface area contributed by atoms with E-state index in [-0.39, 0.29) is 23.9 Å². The van der Waals surface area contributed by atoms with Crippen LogP contribution in [0.3, 0.4) is 0 Å². The lowest BCUT2D eigenvalue weighted by molar-refractivity contribution is 0.317. The van der Waals surface area contributed by atoms with Crippen molar-refractivity contribution in [2.75, 3.05) is 13.2 Å². The number of aromatic nitrogens is 2. The van der Waals surface area contributed by atoms with E-state index >= 15 is 0 Å². The lowest BCUT2D eigenvalue weighted by Gasteiger charge is -2.29. The smallest absolute Gasteiger partial charge is 0.243 e. The fraction of sp³-hybridized carbons (Fsp3) is 0.350. The normalized spacial score (nSPS) is 15.0. The van der Waals surface area contributed by atoms with E-state index in [9.17, 15) is 13.5 Å². The van der Waals surface area contributed by atoms with Gasteiger partial charge >= 0.3 is 0 Å². The fourth-order valence-corrected chi connectivity index (χ4v) is 5.46. The molecule has 0 amide bonds. The van der Waals surface area contributed by atoms with Crippen molar-refractivity contribution in [3.05, 3.63) is 47.3 Å². The highest BCUT2D eigenvalue weighted by molar-refractivity contribution is 7.89. The summed E-state index contributed by atoms with van der Waals surface area (Å²) in [6.07, 6.45) is 1.65. The van der Waals surface area contributed by atoms with Gasteiger partial charge in [0.1, 0.15) is 5.75 Å². The van der Waals surface area contributed by atoms with Crippen molar-refractivity contribution >= 4 is 20.9 Å². The summed E-state index contributed by atoms with van der Waals surface area (Å²) in [4.78, 5) is 4.64. The third-order valence-electron chi connectivity index (χ3n) is 5.19. The van der Waals surface area contributed by atoms with E-state index in [0.717, 1.165) is 5.56 Å². The van der Waals surface area contributed by atoms with Crippen molar-refractivity contribution in [1.82, 2.24) is 13.9 Å². The molecule has 7 nitrogen and oxygen atoms in total. The molecule has 0 fully saturated rings. The first-order chi connectivity index (χ1) is 13.3. The van der Waals surface area contributed by atoms with Gasteiger partial charge in [0, 0.05) is 19.3 Å². The number of pyridine rings is 1. The molecule has 2 aromatic heterocycles. The van der Waals surface area contributed by atoms with E-state index in [1.54, 1.807) is 42.0 Å². The summed E-state index contributed by atoms with van der Waals surface area (Å²) in [6.45, 7) is 6.89. The molecule has 4 rings (SSSR count). The Morgan fingerprint density at radius 3 is 2.75 bits per heavy atom. The number of benzene rings is 1. The van der Waals surface area contributed by atoms with Crippen molar-refractivity contribution < 1.29 is 18.3 Å². The number of nitrogens with zero attached hydrogens (tertiary/aromatic N) is 3. The average Bonchev–Trinajstić information content (AvgIpc) is 2.97. The van der Waals surface area contributed by atoms with E-state index < -0.39 is 10.0 Å². The Labute approximate surface area is 164 Å². The van der Waals surface area contributed by atoms with E-state index in [2.05, 4.69) is 4.98 Å². The summed E-state index contributed by atoms with van der Waals surface area (Å²) in [7, 11) is -3.69. The second-order valence-corrected chi connectivity index (χ2v) is 8.88. The van der Waals surface area contributed by atoms with Crippen LogP contribution >= 0.6 is 0 Å². The van der Waals surface area contributed by atoms with Crippen LogP contribution in [0.2, 0.25) is 0 Å². The summed E-state index contributed by atoms with van der Waals surface area (Å²) in [5, 5.41) is 11.1. The zero-order valence-corrected chi connectivity index (χ0v) is 17.0. The Morgan fingerprint density at radius 1 is 1.21 bits per heavy atom. The number of rotatable bonds is 4. The number of sulfonamides is 1. The van der Waals surface area contributed by atoms with Gasteiger partial charge in [-0.05, 0) is 56.2 Å². The first-order valence-corrected chi connectivity index (χ1v) is 10.7. The van der Waals surface area contributed by atoms with Crippen LogP contribution in [0.1, 0.15) is 23.7 Å². The Hall–Kier alpha value is -2.58. The Morgan fingerprint density at radius 2 is 2.00 bits per heavy atom. The molecule has 3 aromatic rings. The summed E-state index contributed by atoms with van der Waals surface area (Å²) in [6, 6.07) is 7.01. The second kappa shape index (κ2) is 6.79. The molecule has 0 radical (unpaired) electrons.